The van der Waals surface area contributed by atoms with Gasteiger partial charge in [0.05, 0.1) is 11.1 Å². The SMILES string of the molecule is CO[C@@H](C)[C@@](COC(=O)c1cc(O)c(OCc2ccccc2)c(O)c1)(OC)OC(=O)c1cc(O)c(OCc2ccccc2)c(O)c1. The number of rotatable bonds is 14. The molecule has 0 amide bonds. The summed E-state index contributed by atoms with van der Waals surface area (Å²) in [5, 5.41) is 41.9. The molecule has 0 aliphatic rings. The number of ether oxygens (including phenoxy) is 6. The van der Waals surface area contributed by atoms with Crippen molar-refractivity contribution in [3.05, 3.63) is 107 Å². The zero-order valence-corrected chi connectivity index (χ0v) is 25.3. The molecule has 242 valence electrons. The zero-order valence-electron chi connectivity index (χ0n) is 25.3. The number of aromatic hydroxyl groups is 4. The van der Waals surface area contributed by atoms with Crippen LogP contribution in [-0.4, -0.2) is 65.1 Å². The quantitative estimate of drug-likeness (QED) is 0.108. The predicted molar refractivity (Wildman–Crippen MR) is 163 cm³/mol. The lowest BCUT2D eigenvalue weighted by Gasteiger charge is -2.35. The Morgan fingerprint density at radius 1 is 0.674 bits per heavy atom. The number of carbonyl (C=O) groups is 2. The first-order valence-corrected chi connectivity index (χ1v) is 14.0. The highest BCUT2D eigenvalue weighted by molar-refractivity contribution is 5.92. The van der Waals surface area contributed by atoms with E-state index >= 15 is 0 Å². The van der Waals surface area contributed by atoms with Crippen LogP contribution in [0, 0.1) is 0 Å². The Morgan fingerprint density at radius 3 is 1.48 bits per heavy atom. The Balaban J connectivity index is 1.46. The van der Waals surface area contributed by atoms with Crippen molar-refractivity contribution in [2.75, 3.05) is 20.8 Å². The van der Waals surface area contributed by atoms with E-state index in [1.807, 2.05) is 36.4 Å². The van der Waals surface area contributed by atoms with Gasteiger partial charge in [-0.3, -0.25) is 0 Å². The number of esters is 2. The molecular weight excluding hydrogens is 600 g/mol. The molecule has 0 unspecified atom stereocenters. The molecule has 0 fully saturated rings. The maximum Gasteiger partial charge on any atom is 0.341 e. The minimum absolute atomic E-state index is 0.0498. The van der Waals surface area contributed by atoms with E-state index in [9.17, 15) is 30.0 Å². The van der Waals surface area contributed by atoms with E-state index in [2.05, 4.69) is 0 Å². The molecule has 0 spiro atoms. The lowest BCUT2D eigenvalue weighted by Crippen LogP contribution is -2.51. The summed E-state index contributed by atoms with van der Waals surface area (Å²) in [5.74, 6) is -6.58. The fourth-order valence-electron chi connectivity index (χ4n) is 4.33. The molecule has 46 heavy (non-hydrogen) atoms. The molecule has 12 heteroatoms. The van der Waals surface area contributed by atoms with Gasteiger partial charge in [0.15, 0.2) is 29.6 Å². The second-order valence-corrected chi connectivity index (χ2v) is 10.1. The maximum absolute atomic E-state index is 13.2. The predicted octanol–water partition coefficient (Wildman–Crippen LogP) is 5.06. The number of phenolic OH excluding ortho intramolecular Hbond substituents is 4. The summed E-state index contributed by atoms with van der Waals surface area (Å²) in [6, 6.07) is 22.3. The van der Waals surface area contributed by atoms with Crippen LogP contribution in [0.25, 0.3) is 0 Å². The zero-order chi connectivity index (χ0) is 33.3. The number of hydrogen-bond acceptors (Lipinski definition) is 12. The average Bonchev–Trinajstić information content (AvgIpc) is 3.06. The molecular formula is C34H34O12. The highest BCUT2D eigenvalue weighted by Crippen LogP contribution is 2.39. The normalized spacial score (nSPS) is 12.8. The highest BCUT2D eigenvalue weighted by atomic mass is 16.7. The first kappa shape index (κ1) is 33.4. The van der Waals surface area contributed by atoms with Crippen molar-refractivity contribution in [1.82, 2.24) is 0 Å². The van der Waals surface area contributed by atoms with Crippen molar-refractivity contribution >= 4 is 11.9 Å². The Morgan fingerprint density at radius 2 is 1.09 bits per heavy atom. The lowest BCUT2D eigenvalue weighted by molar-refractivity contribution is -0.259. The van der Waals surface area contributed by atoms with Crippen LogP contribution in [-0.2, 0) is 32.2 Å². The van der Waals surface area contributed by atoms with Crippen LogP contribution in [0.5, 0.6) is 34.5 Å². The number of phenols is 4. The van der Waals surface area contributed by atoms with Crippen molar-refractivity contribution in [2.24, 2.45) is 0 Å². The Labute approximate surface area is 264 Å². The first-order valence-electron chi connectivity index (χ1n) is 14.0. The molecule has 0 radical (unpaired) electrons. The van der Waals surface area contributed by atoms with E-state index in [0.717, 1.165) is 35.4 Å². The van der Waals surface area contributed by atoms with Gasteiger partial charge in [-0.05, 0) is 42.3 Å². The van der Waals surface area contributed by atoms with Crippen LogP contribution in [0.1, 0.15) is 38.8 Å². The molecule has 4 rings (SSSR count). The van der Waals surface area contributed by atoms with Crippen LogP contribution in [0.3, 0.4) is 0 Å². The third-order valence-electron chi connectivity index (χ3n) is 7.01. The fourth-order valence-corrected chi connectivity index (χ4v) is 4.33. The van der Waals surface area contributed by atoms with Crippen LogP contribution in [0.4, 0.5) is 0 Å². The van der Waals surface area contributed by atoms with Crippen molar-refractivity contribution in [3.8, 4) is 34.5 Å². The minimum Gasteiger partial charge on any atom is -0.504 e. The summed E-state index contributed by atoms with van der Waals surface area (Å²) in [4.78, 5) is 26.2. The molecule has 0 aliphatic heterocycles. The van der Waals surface area contributed by atoms with E-state index in [-0.39, 0.29) is 35.8 Å². The van der Waals surface area contributed by atoms with Gasteiger partial charge in [0.2, 0.25) is 11.5 Å². The second-order valence-electron chi connectivity index (χ2n) is 10.1. The summed E-state index contributed by atoms with van der Waals surface area (Å²) < 4.78 is 32.8. The maximum atomic E-state index is 13.2. The van der Waals surface area contributed by atoms with E-state index < -0.39 is 53.4 Å². The van der Waals surface area contributed by atoms with E-state index in [1.54, 1.807) is 24.3 Å². The fraction of sp³-hybridized carbons (Fsp3) is 0.235. The number of carbonyl (C=O) groups excluding carboxylic acids is 2. The van der Waals surface area contributed by atoms with Crippen LogP contribution in [0.15, 0.2) is 84.9 Å². The van der Waals surface area contributed by atoms with Gasteiger partial charge in [-0.2, -0.15) is 0 Å². The van der Waals surface area contributed by atoms with Gasteiger partial charge in [0.1, 0.15) is 19.3 Å². The largest absolute Gasteiger partial charge is 0.504 e. The first-order chi connectivity index (χ1) is 22.1. The topological polar surface area (TPSA) is 170 Å². The lowest BCUT2D eigenvalue weighted by atomic mass is 10.1. The number of methoxy groups -OCH3 is 2. The third kappa shape index (κ3) is 7.97. The van der Waals surface area contributed by atoms with Crippen molar-refractivity contribution in [2.45, 2.75) is 32.0 Å². The van der Waals surface area contributed by atoms with Crippen LogP contribution >= 0.6 is 0 Å². The highest BCUT2D eigenvalue weighted by Gasteiger charge is 2.43. The summed E-state index contributed by atoms with van der Waals surface area (Å²) in [7, 11) is 2.51. The van der Waals surface area contributed by atoms with Gasteiger partial charge in [0, 0.05) is 14.2 Å². The molecule has 4 aromatic carbocycles. The molecule has 0 saturated carbocycles. The summed E-state index contributed by atoms with van der Waals surface area (Å²) in [6.45, 7) is 0.916. The van der Waals surface area contributed by atoms with Gasteiger partial charge in [0.25, 0.3) is 5.79 Å². The summed E-state index contributed by atoms with van der Waals surface area (Å²) in [5.41, 5.74) is 1.08. The smallest absolute Gasteiger partial charge is 0.341 e. The molecule has 12 nitrogen and oxygen atoms in total. The monoisotopic (exact) mass is 634 g/mol. The molecule has 4 aromatic rings. The number of hydrogen-bond donors (Lipinski definition) is 4. The average molecular weight is 635 g/mol. The van der Waals surface area contributed by atoms with E-state index in [0.29, 0.717) is 0 Å². The molecule has 0 aliphatic carbocycles. The molecule has 0 bridgehead atoms. The van der Waals surface area contributed by atoms with Crippen molar-refractivity contribution in [3.63, 3.8) is 0 Å². The molecule has 4 N–H and O–H groups in total. The van der Waals surface area contributed by atoms with Gasteiger partial charge >= 0.3 is 11.9 Å². The van der Waals surface area contributed by atoms with Crippen molar-refractivity contribution < 1.29 is 58.4 Å². The van der Waals surface area contributed by atoms with Crippen molar-refractivity contribution in [1.29, 1.82) is 0 Å². The van der Waals surface area contributed by atoms with Gasteiger partial charge < -0.3 is 48.8 Å². The van der Waals surface area contributed by atoms with Crippen LogP contribution < -0.4 is 9.47 Å². The standard InChI is InChI=1S/C34H34O12/c1-21(41-2)34(42-3,46-33(40)25-16-28(37)31(29(38)17-25)44-19-23-12-8-5-9-13-23)20-45-32(39)24-14-26(35)30(27(36)15-24)43-18-22-10-6-4-7-11-22/h4-17,21,35-38H,18-20H2,1-3H3/t21-,34-/m0/s1. The van der Waals surface area contributed by atoms with Crippen LogP contribution in [0.2, 0.25) is 0 Å². The number of benzene rings is 4. The molecule has 0 aromatic heterocycles. The second kappa shape index (κ2) is 15.0. The molecule has 0 saturated heterocycles. The van der Waals surface area contributed by atoms with E-state index in [4.69, 9.17) is 28.4 Å². The molecule has 2 atom stereocenters. The summed E-state index contributed by atoms with van der Waals surface area (Å²) in [6.07, 6.45) is -1.000. The molecule has 0 heterocycles. The van der Waals surface area contributed by atoms with Gasteiger partial charge in [-0.25, -0.2) is 9.59 Å². The van der Waals surface area contributed by atoms with E-state index in [1.165, 1.54) is 21.1 Å². The third-order valence-corrected chi connectivity index (χ3v) is 7.01. The Hall–Kier alpha value is -5.46. The van der Waals surface area contributed by atoms with Gasteiger partial charge in [-0.1, -0.05) is 60.7 Å². The summed E-state index contributed by atoms with van der Waals surface area (Å²) >= 11 is 0. The Kier molecular flexibility index (Phi) is 10.9. The van der Waals surface area contributed by atoms with Gasteiger partial charge in [-0.15, -0.1) is 0 Å². The minimum atomic E-state index is -2.00. The Bertz CT molecular complexity index is 1590.